The van der Waals surface area contributed by atoms with Crippen LogP contribution in [0.1, 0.15) is 0 Å². The Balaban J connectivity index is 2.12. The van der Waals surface area contributed by atoms with Crippen LogP contribution in [0.3, 0.4) is 0 Å². The van der Waals surface area contributed by atoms with Crippen molar-refractivity contribution in [3.8, 4) is 0 Å². The average molecular weight is 519 g/mol. The summed E-state index contributed by atoms with van der Waals surface area (Å²) >= 11 is 4.39. The van der Waals surface area contributed by atoms with E-state index in [2.05, 4.69) is 55.5 Å². The highest BCUT2D eigenvalue weighted by Crippen LogP contribution is 2.15. The van der Waals surface area contributed by atoms with E-state index in [0.717, 1.165) is 12.8 Å². The predicted octanol–water partition coefficient (Wildman–Crippen LogP) is 4.83. The Bertz CT molecular complexity index is 711. The van der Waals surface area contributed by atoms with E-state index in [1.165, 1.54) is 12.4 Å². The number of nitro groups is 1. The van der Waals surface area contributed by atoms with Crippen LogP contribution < -0.4 is 5.32 Å². The second-order valence-corrected chi connectivity index (χ2v) is 6.70. The first-order valence-corrected chi connectivity index (χ1v) is 8.36. The summed E-state index contributed by atoms with van der Waals surface area (Å²) in [5.41, 5.74) is 1.34. The zero-order valence-corrected chi connectivity index (χ0v) is 15.6. The number of allylic oxidation sites excluding steroid dienone is 1. The number of hydrogen-bond acceptors (Lipinski definition) is 4. The van der Waals surface area contributed by atoms with Gasteiger partial charge in [0.1, 0.15) is 6.21 Å². The van der Waals surface area contributed by atoms with Gasteiger partial charge in [-0.2, -0.15) is 0 Å². The van der Waals surface area contributed by atoms with Crippen LogP contribution in [0.15, 0.2) is 65.4 Å². The predicted molar refractivity (Wildman–Crippen MR) is 105 cm³/mol. The molecule has 0 atom stereocenters. The summed E-state index contributed by atoms with van der Waals surface area (Å²) < 4.78 is 2.18. The van der Waals surface area contributed by atoms with Gasteiger partial charge in [0, 0.05) is 12.8 Å². The smallest absolute Gasteiger partial charge is 0.303 e. The van der Waals surface area contributed by atoms with Gasteiger partial charge in [0.25, 0.3) is 0 Å². The van der Waals surface area contributed by atoms with Gasteiger partial charge in [0.2, 0.25) is 0 Å². The van der Waals surface area contributed by atoms with Crippen molar-refractivity contribution in [3.05, 3.63) is 77.7 Å². The summed E-state index contributed by atoms with van der Waals surface area (Å²) in [6, 6.07) is 15.0. The van der Waals surface area contributed by atoms with Gasteiger partial charge in [-0.15, -0.1) is 0 Å². The van der Waals surface area contributed by atoms with Gasteiger partial charge in [-0.3, -0.25) is 10.1 Å². The number of hydrogen-bond donors (Lipinski definition) is 1. The molecule has 0 radical (unpaired) electrons. The molecule has 0 aliphatic heterocycles. The van der Waals surface area contributed by atoms with E-state index in [4.69, 9.17) is 0 Å². The maximum Gasteiger partial charge on any atom is 0.303 e. The van der Waals surface area contributed by atoms with E-state index in [9.17, 15) is 10.1 Å². The molecule has 112 valence electrons. The Morgan fingerprint density at radius 1 is 1.05 bits per heavy atom. The summed E-state index contributed by atoms with van der Waals surface area (Å²) in [6.45, 7) is 0. The molecule has 0 heterocycles. The molecule has 2 rings (SSSR count). The first-order valence-electron chi connectivity index (χ1n) is 6.21. The Hall–Kier alpha value is -1.49. The van der Waals surface area contributed by atoms with Crippen LogP contribution in [-0.4, -0.2) is 11.1 Å². The lowest BCUT2D eigenvalue weighted by Gasteiger charge is -2.00. The Kier molecular flexibility index (Phi) is 6.31. The molecular formula is C15H11I2N3O2. The highest BCUT2D eigenvalue weighted by Gasteiger charge is 2.06. The van der Waals surface area contributed by atoms with Crippen LogP contribution in [0.2, 0.25) is 0 Å². The molecule has 0 saturated carbocycles. The van der Waals surface area contributed by atoms with Crippen LogP contribution >= 0.6 is 45.2 Å². The van der Waals surface area contributed by atoms with E-state index in [0.29, 0.717) is 5.69 Å². The average Bonchev–Trinajstić information content (AvgIpc) is 2.50. The van der Waals surface area contributed by atoms with E-state index in [-0.39, 0.29) is 5.70 Å². The van der Waals surface area contributed by atoms with Gasteiger partial charge in [-0.25, -0.2) is 4.99 Å². The van der Waals surface area contributed by atoms with Crippen LogP contribution in [0, 0.1) is 17.3 Å². The van der Waals surface area contributed by atoms with Crippen molar-refractivity contribution in [3.63, 3.8) is 0 Å². The van der Waals surface area contributed by atoms with E-state index >= 15 is 0 Å². The third-order valence-corrected chi connectivity index (χ3v) is 4.05. The lowest BCUT2D eigenvalue weighted by molar-refractivity contribution is -0.414. The zero-order chi connectivity index (χ0) is 15.9. The quantitative estimate of drug-likeness (QED) is 0.267. The molecule has 0 spiro atoms. The van der Waals surface area contributed by atoms with Crippen LogP contribution in [0.5, 0.6) is 0 Å². The van der Waals surface area contributed by atoms with Crippen molar-refractivity contribution in [2.75, 3.05) is 5.32 Å². The molecule has 7 heteroatoms. The summed E-state index contributed by atoms with van der Waals surface area (Å²) in [7, 11) is 0. The Morgan fingerprint density at radius 3 is 2.14 bits per heavy atom. The fourth-order valence-corrected chi connectivity index (χ4v) is 2.23. The minimum absolute atomic E-state index is 0.114. The Labute approximate surface area is 155 Å². The number of aliphatic imine (C=N–C) groups is 1. The van der Waals surface area contributed by atoms with E-state index < -0.39 is 4.92 Å². The molecule has 5 nitrogen and oxygen atoms in total. The molecule has 0 aromatic heterocycles. The molecule has 22 heavy (non-hydrogen) atoms. The second kappa shape index (κ2) is 8.22. The van der Waals surface area contributed by atoms with Crippen molar-refractivity contribution in [1.29, 1.82) is 0 Å². The van der Waals surface area contributed by atoms with Gasteiger partial charge < -0.3 is 5.32 Å². The topological polar surface area (TPSA) is 67.5 Å². The first kappa shape index (κ1) is 16.9. The minimum atomic E-state index is -0.476. The maximum atomic E-state index is 11.1. The van der Waals surface area contributed by atoms with Gasteiger partial charge in [-0.1, -0.05) is 0 Å². The summed E-state index contributed by atoms with van der Waals surface area (Å²) in [5, 5.41) is 14.0. The SMILES string of the molecule is O=[N+]([O-])C(C=Nc1ccc(I)cc1)=CNc1ccc(I)cc1. The summed E-state index contributed by atoms with van der Waals surface area (Å²) in [5.74, 6) is 0. The molecule has 2 aromatic rings. The number of anilines is 1. The number of rotatable bonds is 5. The molecule has 0 bridgehead atoms. The fourth-order valence-electron chi connectivity index (χ4n) is 1.51. The molecule has 0 unspecified atom stereocenters. The fraction of sp³-hybridized carbons (Fsp3) is 0. The molecular weight excluding hydrogens is 508 g/mol. The molecule has 2 aromatic carbocycles. The molecule has 0 aliphatic carbocycles. The summed E-state index contributed by atoms with van der Waals surface area (Å²) in [4.78, 5) is 14.7. The zero-order valence-electron chi connectivity index (χ0n) is 11.2. The molecule has 0 fully saturated rings. The second-order valence-electron chi connectivity index (χ2n) is 4.21. The number of benzene rings is 2. The standard InChI is InChI=1S/C15H11I2N3O2/c16-11-1-5-13(6-2-11)18-9-15(20(21)22)10-19-14-7-3-12(17)4-8-14/h1-10,18H. The largest absolute Gasteiger partial charge is 0.356 e. The number of halogens is 2. The summed E-state index contributed by atoms with van der Waals surface area (Å²) in [6.07, 6.45) is 2.57. The van der Waals surface area contributed by atoms with Gasteiger partial charge >= 0.3 is 5.70 Å². The van der Waals surface area contributed by atoms with E-state index in [1.807, 2.05) is 48.5 Å². The first-order chi connectivity index (χ1) is 10.5. The highest BCUT2D eigenvalue weighted by atomic mass is 127. The van der Waals surface area contributed by atoms with Gasteiger partial charge in [-0.05, 0) is 93.7 Å². The van der Waals surface area contributed by atoms with Gasteiger partial charge in [0.05, 0.1) is 16.8 Å². The van der Waals surface area contributed by atoms with Crippen molar-refractivity contribution < 1.29 is 4.92 Å². The van der Waals surface area contributed by atoms with Crippen LogP contribution in [0.4, 0.5) is 11.4 Å². The van der Waals surface area contributed by atoms with Gasteiger partial charge in [0.15, 0.2) is 0 Å². The Morgan fingerprint density at radius 2 is 1.59 bits per heavy atom. The lowest BCUT2D eigenvalue weighted by atomic mass is 10.3. The monoisotopic (exact) mass is 519 g/mol. The van der Waals surface area contributed by atoms with Crippen molar-refractivity contribution >= 4 is 62.8 Å². The third-order valence-electron chi connectivity index (χ3n) is 2.61. The molecule has 1 N–H and O–H groups in total. The van der Waals surface area contributed by atoms with Crippen molar-refractivity contribution in [2.45, 2.75) is 0 Å². The molecule has 0 aliphatic rings. The maximum absolute atomic E-state index is 11.1. The minimum Gasteiger partial charge on any atom is -0.356 e. The molecule has 0 saturated heterocycles. The number of nitrogens with zero attached hydrogens (tertiary/aromatic N) is 2. The normalized spacial score (nSPS) is 11.6. The van der Waals surface area contributed by atoms with Crippen molar-refractivity contribution in [2.24, 2.45) is 4.99 Å². The highest BCUT2D eigenvalue weighted by molar-refractivity contribution is 14.1. The number of nitrogens with one attached hydrogen (secondary N) is 1. The van der Waals surface area contributed by atoms with Crippen molar-refractivity contribution in [1.82, 2.24) is 0 Å². The molecule has 0 amide bonds. The third kappa shape index (κ3) is 5.37. The lowest BCUT2D eigenvalue weighted by Crippen LogP contribution is -2.03. The van der Waals surface area contributed by atoms with Crippen LogP contribution in [-0.2, 0) is 0 Å². The van der Waals surface area contributed by atoms with E-state index in [1.54, 1.807) is 0 Å². The van der Waals surface area contributed by atoms with Crippen LogP contribution in [0.25, 0.3) is 0 Å².